The maximum Gasteiger partial charge on any atom is 0.0583 e. The van der Waals surface area contributed by atoms with Crippen molar-refractivity contribution in [3.05, 3.63) is 16.6 Å². The molecule has 1 heterocycles. The van der Waals surface area contributed by atoms with Gasteiger partial charge < -0.3 is 0 Å². The summed E-state index contributed by atoms with van der Waals surface area (Å²) in [5.41, 5.74) is 2.33. The van der Waals surface area contributed by atoms with Crippen LogP contribution in [-0.4, -0.2) is 4.37 Å². The first-order valence-electron chi connectivity index (χ1n) is 2.86. The van der Waals surface area contributed by atoms with Crippen LogP contribution in [0.15, 0.2) is 5.38 Å². The number of nitrogens with zero attached hydrogens (tertiary/aromatic N) is 1. The Labute approximate surface area is 63.8 Å². The van der Waals surface area contributed by atoms with E-state index in [1.165, 1.54) is 17.1 Å². The molecule has 0 N–H and O–H groups in total. The molecule has 0 amide bonds. The predicted octanol–water partition coefficient (Wildman–Crippen LogP) is 2.44. The monoisotopic (exact) mass is 161 g/mol. The van der Waals surface area contributed by atoms with Crippen molar-refractivity contribution >= 4 is 23.1 Å². The highest BCUT2D eigenvalue weighted by Gasteiger charge is 1.99. The van der Waals surface area contributed by atoms with Gasteiger partial charge in [-0.2, -0.15) is 4.37 Å². The summed E-state index contributed by atoms with van der Waals surface area (Å²) in [7, 11) is 0. The number of halogens is 1. The number of aryl methyl sites for hydroxylation is 1. The standard InChI is InChI=1S/C6H8ClNS/c1-2-6-5(3-7)4-9-8-6/h4H,2-3H2,1H3. The van der Waals surface area contributed by atoms with Gasteiger partial charge in [-0.25, -0.2) is 0 Å². The van der Waals surface area contributed by atoms with Crippen molar-refractivity contribution in [1.29, 1.82) is 0 Å². The molecule has 1 rings (SSSR count). The van der Waals surface area contributed by atoms with Gasteiger partial charge in [-0.05, 0) is 18.0 Å². The van der Waals surface area contributed by atoms with E-state index in [1.54, 1.807) is 0 Å². The van der Waals surface area contributed by atoms with Crippen LogP contribution in [0.5, 0.6) is 0 Å². The van der Waals surface area contributed by atoms with Crippen LogP contribution in [0.4, 0.5) is 0 Å². The van der Waals surface area contributed by atoms with Crippen LogP contribution < -0.4 is 0 Å². The fraction of sp³-hybridized carbons (Fsp3) is 0.500. The lowest BCUT2D eigenvalue weighted by Gasteiger charge is -1.89. The Morgan fingerprint density at radius 1 is 1.78 bits per heavy atom. The van der Waals surface area contributed by atoms with E-state index in [9.17, 15) is 0 Å². The van der Waals surface area contributed by atoms with E-state index < -0.39 is 0 Å². The second-order valence-electron chi connectivity index (χ2n) is 1.77. The average Bonchev–Trinajstić information content (AvgIpc) is 2.33. The molecule has 1 aromatic heterocycles. The van der Waals surface area contributed by atoms with Crippen LogP contribution in [0.3, 0.4) is 0 Å². The summed E-state index contributed by atoms with van der Waals surface area (Å²) < 4.78 is 4.16. The van der Waals surface area contributed by atoms with Crippen LogP contribution in [0.25, 0.3) is 0 Å². The minimum Gasteiger partial charge on any atom is -0.197 e. The van der Waals surface area contributed by atoms with Crippen LogP contribution in [0.1, 0.15) is 18.2 Å². The van der Waals surface area contributed by atoms with Crippen molar-refractivity contribution in [3.63, 3.8) is 0 Å². The van der Waals surface area contributed by atoms with Crippen molar-refractivity contribution in [3.8, 4) is 0 Å². The van der Waals surface area contributed by atoms with Crippen molar-refractivity contribution in [2.75, 3.05) is 0 Å². The van der Waals surface area contributed by atoms with Gasteiger partial charge in [0.15, 0.2) is 0 Å². The molecule has 0 aromatic carbocycles. The highest BCUT2D eigenvalue weighted by atomic mass is 35.5. The van der Waals surface area contributed by atoms with Gasteiger partial charge in [0.05, 0.1) is 11.6 Å². The smallest absolute Gasteiger partial charge is 0.0583 e. The Balaban J connectivity index is 2.85. The number of aromatic nitrogens is 1. The molecule has 0 bridgehead atoms. The predicted molar refractivity (Wildman–Crippen MR) is 41.0 cm³/mol. The molecule has 3 heteroatoms. The lowest BCUT2D eigenvalue weighted by atomic mass is 10.2. The maximum atomic E-state index is 5.62. The zero-order chi connectivity index (χ0) is 6.69. The fourth-order valence-corrected chi connectivity index (χ4v) is 1.78. The maximum absolute atomic E-state index is 5.62. The summed E-state index contributed by atoms with van der Waals surface area (Å²) in [4.78, 5) is 0. The van der Waals surface area contributed by atoms with Gasteiger partial charge >= 0.3 is 0 Å². The van der Waals surface area contributed by atoms with Crippen molar-refractivity contribution in [2.24, 2.45) is 0 Å². The third-order valence-corrected chi connectivity index (χ3v) is 2.21. The second kappa shape index (κ2) is 3.18. The Hall–Kier alpha value is -0.0800. The third kappa shape index (κ3) is 1.43. The van der Waals surface area contributed by atoms with Crippen LogP contribution in [-0.2, 0) is 12.3 Å². The number of alkyl halides is 1. The summed E-state index contributed by atoms with van der Waals surface area (Å²) in [6.45, 7) is 2.09. The summed E-state index contributed by atoms with van der Waals surface area (Å²) in [5.74, 6) is 0.597. The van der Waals surface area contributed by atoms with E-state index in [-0.39, 0.29) is 0 Å². The topological polar surface area (TPSA) is 12.9 Å². The average molecular weight is 162 g/mol. The molecule has 1 aromatic rings. The Kier molecular flexibility index (Phi) is 2.49. The Morgan fingerprint density at radius 3 is 3.00 bits per heavy atom. The first-order valence-corrected chi connectivity index (χ1v) is 4.23. The van der Waals surface area contributed by atoms with Gasteiger partial charge in [-0.15, -0.1) is 11.6 Å². The molecule has 0 atom stereocenters. The summed E-state index contributed by atoms with van der Waals surface area (Å²) in [6, 6.07) is 0. The zero-order valence-electron chi connectivity index (χ0n) is 5.22. The van der Waals surface area contributed by atoms with E-state index in [0.717, 1.165) is 12.1 Å². The van der Waals surface area contributed by atoms with Crippen molar-refractivity contribution in [1.82, 2.24) is 4.37 Å². The van der Waals surface area contributed by atoms with Gasteiger partial charge in [0.2, 0.25) is 0 Å². The molecule has 0 aliphatic carbocycles. The van der Waals surface area contributed by atoms with Gasteiger partial charge in [0.25, 0.3) is 0 Å². The van der Waals surface area contributed by atoms with E-state index in [2.05, 4.69) is 11.3 Å². The second-order valence-corrected chi connectivity index (χ2v) is 2.67. The zero-order valence-corrected chi connectivity index (χ0v) is 6.80. The molecular formula is C6H8ClNS. The largest absolute Gasteiger partial charge is 0.197 e. The molecule has 0 saturated heterocycles. The normalized spacial score (nSPS) is 10.0. The molecule has 1 nitrogen and oxygen atoms in total. The van der Waals surface area contributed by atoms with E-state index in [1.807, 2.05) is 5.38 Å². The fourth-order valence-electron chi connectivity index (χ4n) is 0.680. The summed E-state index contributed by atoms with van der Waals surface area (Å²) in [6.07, 6.45) is 0.992. The number of hydrogen-bond donors (Lipinski definition) is 0. The lowest BCUT2D eigenvalue weighted by molar-refractivity contribution is 1.05. The highest BCUT2D eigenvalue weighted by Crippen LogP contribution is 2.12. The van der Waals surface area contributed by atoms with E-state index in [4.69, 9.17) is 11.6 Å². The van der Waals surface area contributed by atoms with Crippen LogP contribution in [0, 0.1) is 0 Å². The van der Waals surface area contributed by atoms with Crippen LogP contribution >= 0.6 is 23.1 Å². The molecule has 0 saturated carbocycles. The molecule has 0 radical (unpaired) electrons. The molecular weight excluding hydrogens is 154 g/mol. The lowest BCUT2D eigenvalue weighted by Crippen LogP contribution is -1.83. The highest BCUT2D eigenvalue weighted by molar-refractivity contribution is 7.03. The molecule has 0 spiro atoms. The molecule has 0 aliphatic heterocycles. The van der Waals surface area contributed by atoms with Gasteiger partial charge in [0, 0.05) is 10.9 Å². The Morgan fingerprint density at radius 2 is 2.56 bits per heavy atom. The molecule has 9 heavy (non-hydrogen) atoms. The van der Waals surface area contributed by atoms with Crippen molar-refractivity contribution < 1.29 is 0 Å². The molecule has 0 unspecified atom stereocenters. The molecule has 50 valence electrons. The Bertz CT molecular complexity index is 166. The van der Waals surface area contributed by atoms with Crippen LogP contribution in [0.2, 0.25) is 0 Å². The summed E-state index contributed by atoms with van der Waals surface area (Å²) in [5, 5.41) is 2.01. The molecule has 0 aliphatic rings. The SMILES string of the molecule is CCc1nscc1CCl. The third-order valence-electron chi connectivity index (χ3n) is 1.21. The summed E-state index contributed by atoms with van der Waals surface area (Å²) >= 11 is 7.10. The minimum atomic E-state index is 0.597. The minimum absolute atomic E-state index is 0.597. The first-order chi connectivity index (χ1) is 4.38. The van der Waals surface area contributed by atoms with E-state index in [0.29, 0.717) is 5.88 Å². The van der Waals surface area contributed by atoms with Crippen molar-refractivity contribution in [2.45, 2.75) is 19.2 Å². The van der Waals surface area contributed by atoms with Gasteiger partial charge in [0.1, 0.15) is 0 Å². The van der Waals surface area contributed by atoms with E-state index >= 15 is 0 Å². The number of hydrogen-bond acceptors (Lipinski definition) is 2. The van der Waals surface area contributed by atoms with Gasteiger partial charge in [-0.3, -0.25) is 0 Å². The van der Waals surface area contributed by atoms with Gasteiger partial charge in [-0.1, -0.05) is 6.92 Å². The molecule has 0 fully saturated rings. The number of rotatable bonds is 2. The first kappa shape index (κ1) is 7.03. The quantitative estimate of drug-likeness (QED) is 0.608.